The summed E-state index contributed by atoms with van der Waals surface area (Å²) >= 11 is 8.40. The van der Waals surface area contributed by atoms with E-state index in [9.17, 15) is 0 Å². The van der Waals surface area contributed by atoms with Gasteiger partial charge in [-0.2, -0.15) is 0 Å². The number of halogens is 3. The summed E-state index contributed by atoms with van der Waals surface area (Å²) in [5, 5.41) is 3.59. The lowest BCUT2D eigenvalue weighted by Gasteiger charge is -2.20. The van der Waals surface area contributed by atoms with Crippen molar-refractivity contribution < 1.29 is 0 Å². The van der Waals surface area contributed by atoms with Gasteiger partial charge in [0.2, 0.25) is 0 Å². The largest absolute Gasteiger partial charge is 0.310 e. The monoisotopic (exact) mass is 555 g/mol. The quantitative estimate of drug-likeness (QED) is 0.477. The first kappa shape index (κ1) is 16.7. The van der Waals surface area contributed by atoms with Crippen molar-refractivity contribution >= 4 is 61.1 Å². The molecule has 0 amide bonds. The highest BCUT2D eigenvalue weighted by Crippen LogP contribution is 2.28. The van der Waals surface area contributed by atoms with Crippen LogP contribution in [0.2, 0.25) is 0 Å². The lowest BCUT2D eigenvalue weighted by atomic mass is 9.99. The van der Waals surface area contributed by atoms with Crippen molar-refractivity contribution in [2.75, 3.05) is 6.54 Å². The minimum atomic E-state index is 0.337. The zero-order valence-electron chi connectivity index (χ0n) is 11.2. The van der Waals surface area contributed by atoms with E-state index in [1.807, 2.05) is 0 Å². The molecule has 4 heteroatoms. The Kier molecular flexibility index (Phi) is 6.77. The van der Waals surface area contributed by atoms with E-state index in [0.29, 0.717) is 6.04 Å². The zero-order chi connectivity index (χ0) is 14.5. The summed E-state index contributed by atoms with van der Waals surface area (Å²) in [4.78, 5) is 0. The van der Waals surface area contributed by atoms with E-state index in [-0.39, 0.29) is 0 Å². The SMILES string of the molecule is CCNC(Cc1ccc(I)cc1)c1cc(I)ccc1Br. The predicted molar refractivity (Wildman–Crippen MR) is 106 cm³/mol. The predicted octanol–water partition coefficient (Wildman–Crippen LogP) is 5.55. The molecule has 0 spiro atoms. The molecule has 0 saturated carbocycles. The molecule has 0 saturated heterocycles. The third-order valence-electron chi connectivity index (χ3n) is 3.14. The van der Waals surface area contributed by atoms with Crippen molar-refractivity contribution in [3.8, 4) is 0 Å². The van der Waals surface area contributed by atoms with Crippen LogP contribution < -0.4 is 5.32 Å². The molecular formula is C16H16BrI2N. The molecule has 1 unspecified atom stereocenters. The van der Waals surface area contributed by atoms with E-state index in [2.05, 4.69) is 116 Å². The second-order valence-corrected chi connectivity index (χ2v) is 7.95. The van der Waals surface area contributed by atoms with Gasteiger partial charge in [0.1, 0.15) is 0 Å². The topological polar surface area (TPSA) is 12.0 Å². The Labute approximate surface area is 156 Å². The smallest absolute Gasteiger partial charge is 0.0372 e. The zero-order valence-corrected chi connectivity index (χ0v) is 17.1. The molecule has 1 nitrogen and oxygen atoms in total. The minimum Gasteiger partial charge on any atom is -0.310 e. The molecular weight excluding hydrogens is 540 g/mol. The molecule has 2 aromatic carbocycles. The molecule has 0 fully saturated rings. The molecule has 20 heavy (non-hydrogen) atoms. The summed E-state index contributed by atoms with van der Waals surface area (Å²) in [6.45, 7) is 3.12. The molecule has 2 aromatic rings. The number of hydrogen-bond donors (Lipinski definition) is 1. The van der Waals surface area contributed by atoms with Crippen molar-refractivity contribution in [2.24, 2.45) is 0 Å². The van der Waals surface area contributed by atoms with Gasteiger partial charge in [0.25, 0.3) is 0 Å². The summed E-state index contributed by atoms with van der Waals surface area (Å²) in [7, 11) is 0. The maximum atomic E-state index is 3.68. The first-order valence-electron chi connectivity index (χ1n) is 6.53. The number of nitrogens with one attached hydrogen (secondary N) is 1. The number of benzene rings is 2. The van der Waals surface area contributed by atoms with Crippen LogP contribution in [-0.2, 0) is 6.42 Å². The number of likely N-dealkylation sites (N-methyl/N-ethyl adjacent to an activating group) is 1. The molecule has 0 heterocycles. The van der Waals surface area contributed by atoms with E-state index in [4.69, 9.17) is 0 Å². The van der Waals surface area contributed by atoms with E-state index >= 15 is 0 Å². The van der Waals surface area contributed by atoms with Crippen LogP contribution in [-0.4, -0.2) is 6.54 Å². The van der Waals surface area contributed by atoms with Crippen LogP contribution >= 0.6 is 61.1 Å². The van der Waals surface area contributed by atoms with Gasteiger partial charge >= 0.3 is 0 Å². The van der Waals surface area contributed by atoms with Gasteiger partial charge in [-0.05, 0) is 99.6 Å². The van der Waals surface area contributed by atoms with E-state index in [1.54, 1.807) is 0 Å². The van der Waals surface area contributed by atoms with Gasteiger partial charge in [-0.15, -0.1) is 0 Å². The third-order valence-corrected chi connectivity index (χ3v) is 5.25. The lowest BCUT2D eigenvalue weighted by molar-refractivity contribution is 0.547. The van der Waals surface area contributed by atoms with Crippen LogP contribution in [0, 0.1) is 7.14 Å². The van der Waals surface area contributed by atoms with E-state index in [1.165, 1.54) is 22.7 Å². The molecule has 0 aliphatic rings. The Hall–Kier alpha value is 0.340. The fourth-order valence-corrected chi connectivity index (χ4v) is 3.57. The molecule has 2 rings (SSSR count). The van der Waals surface area contributed by atoms with Crippen LogP contribution in [0.4, 0.5) is 0 Å². The lowest BCUT2D eigenvalue weighted by Crippen LogP contribution is -2.23. The summed E-state index contributed by atoms with van der Waals surface area (Å²) < 4.78 is 3.72. The first-order valence-corrected chi connectivity index (χ1v) is 9.48. The van der Waals surface area contributed by atoms with Crippen LogP contribution in [0.1, 0.15) is 24.1 Å². The van der Waals surface area contributed by atoms with Crippen LogP contribution in [0.5, 0.6) is 0 Å². The molecule has 1 atom stereocenters. The molecule has 106 valence electrons. The Morgan fingerprint density at radius 2 is 1.70 bits per heavy atom. The van der Waals surface area contributed by atoms with Gasteiger partial charge in [0, 0.05) is 17.7 Å². The van der Waals surface area contributed by atoms with Crippen molar-refractivity contribution in [1.82, 2.24) is 5.32 Å². The highest BCUT2D eigenvalue weighted by molar-refractivity contribution is 14.1. The summed E-state index contributed by atoms with van der Waals surface area (Å²) in [5.41, 5.74) is 2.69. The summed E-state index contributed by atoms with van der Waals surface area (Å²) in [6, 6.07) is 15.6. The van der Waals surface area contributed by atoms with Gasteiger partial charge < -0.3 is 5.32 Å². The second-order valence-electron chi connectivity index (χ2n) is 4.61. The van der Waals surface area contributed by atoms with Gasteiger partial charge in [-0.25, -0.2) is 0 Å². The third kappa shape index (κ3) is 4.68. The molecule has 0 radical (unpaired) electrons. The highest BCUT2D eigenvalue weighted by atomic mass is 127. The molecule has 1 N–H and O–H groups in total. The normalized spacial score (nSPS) is 12.4. The molecule has 0 aliphatic heterocycles. The molecule has 0 aliphatic carbocycles. The maximum absolute atomic E-state index is 3.68. The van der Waals surface area contributed by atoms with Gasteiger partial charge in [0.05, 0.1) is 0 Å². The number of hydrogen-bond acceptors (Lipinski definition) is 1. The second kappa shape index (κ2) is 8.10. The van der Waals surface area contributed by atoms with Gasteiger partial charge in [-0.1, -0.05) is 35.0 Å². The van der Waals surface area contributed by atoms with Crippen molar-refractivity contribution in [3.05, 3.63) is 65.2 Å². The minimum absolute atomic E-state index is 0.337. The molecule has 0 aromatic heterocycles. The highest BCUT2D eigenvalue weighted by Gasteiger charge is 2.14. The van der Waals surface area contributed by atoms with Crippen molar-refractivity contribution in [1.29, 1.82) is 0 Å². The Morgan fingerprint density at radius 3 is 2.35 bits per heavy atom. The maximum Gasteiger partial charge on any atom is 0.0372 e. The van der Waals surface area contributed by atoms with Crippen molar-refractivity contribution in [2.45, 2.75) is 19.4 Å². The first-order chi connectivity index (χ1) is 9.60. The summed E-state index contributed by atoms with van der Waals surface area (Å²) in [6.07, 6.45) is 1.00. The Balaban J connectivity index is 2.26. The van der Waals surface area contributed by atoms with Gasteiger partial charge in [-0.3, -0.25) is 0 Å². The average Bonchev–Trinajstić information content (AvgIpc) is 2.43. The van der Waals surface area contributed by atoms with E-state index in [0.717, 1.165) is 13.0 Å². The van der Waals surface area contributed by atoms with Crippen molar-refractivity contribution in [3.63, 3.8) is 0 Å². The van der Waals surface area contributed by atoms with Crippen LogP contribution in [0.3, 0.4) is 0 Å². The summed E-state index contributed by atoms with van der Waals surface area (Å²) in [5.74, 6) is 0. The fraction of sp³-hybridized carbons (Fsp3) is 0.250. The Morgan fingerprint density at radius 1 is 1.05 bits per heavy atom. The number of rotatable bonds is 5. The average molecular weight is 556 g/mol. The Bertz CT molecular complexity index is 569. The van der Waals surface area contributed by atoms with E-state index < -0.39 is 0 Å². The molecule has 0 bridgehead atoms. The van der Waals surface area contributed by atoms with Crippen LogP contribution in [0.15, 0.2) is 46.9 Å². The standard InChI is InChI=1S/C16H16BrI2N/c1-2-20-16(9-11-3-5-12(18)6-4-11)14-10-13(19)7-8-15(14)17/h3-8,10,16,20H,2,9H2,1H3. The fourth-order valence-electron chi connectivity index (χ4n) is 2.18. The van der Waals surface area contributed by atoms with Crippen LogP contribution in [0.25, 0.3) is 0 Å². The van der Waals surface area contributed by atoms with Gasteiger partial charge in [0.15, 0.2) is 0 Å².